The Morgan fingerprint density at radius 1 is 1.50 bits per heavy atom. The molecule has 0 aromatic carbocycles. The van der Waals surface area contributed by atoms with Crippen molar-refractivity contribution in [2.75, 3.05) is 0 Å². The second-order valence-corrected chi connectivity index (χ2v) is 3.22. The summed E-state index contributed by atoms with van der Waals surface area (Å²) in [5, 5.41) is 0. The van der Waals surface area contributed by atoms with Gasteiger partial charge in [-0.1, -0.05) is 5.57 Å². The molecule has 0 aromatic heterocycles. The molecule has 56 valence electrons. The summed E-state index contributed by atoms with van der Waals surface area (Å²) in [5.74, 6) is 0.967. The summed E-state index contributed by atoms with van der Waals surface area (Å²) in [7, 11) is 0. The van der Waals surface area contributed by atoms with Gasteiger partial charge in [-0.3, -0.25) is 4.99 Å². The van der Waals surface area contributed by atoms with E-state index in [1.54, 1.807) is 0 Å². The smallest absolute Gasteiger partial charge is 0.0250 e. The molecule has 1 saturated carbocycles. The first-order valence-electron chi connectivity index (χ1n) is 3.94. The molecule has 0 spiro atoms. The van der Waals surface area contributed by atoms with Crippen LogP contribution in [0.2, 0.25) is 0 Å². The molecule has 0 aliphatic heterocycles. The Labute approximate surface area is 62.9 Å². The molecule has 0 N–H and O–H groups in total. The van der Waals surface area contributed by atoms with Crippen LogP contribution in [0.25, 0.3) is 0 Å². The Balaban J connectivity index is 2.09. The SMILES string of the molecule is CC(C)=CN=CCC1CC1. The fourth-order valence-electron chi connectivity index (χ4n) is 0.765. The molecule has 0 bridgehead atoms. The lowest BCUT2D eigenvalue weighted by Crippen LogP contribution is -1.75. The maximum Gasteiger partial charge on any atom is 0.0250 e. The van der Waals surface area contributed by atoms with E-state index in [0.29, 0.717) is 0 Å². The van der Waals surface area contributed by atoms with E-state index < -0.39 is 0 Å². The number of aliphatic imine (C=N–C) groups is 1. The predicted molar refractivity (Wildman–Crippen MR) is 45.3 cm³/mol. The van der Waals surface area contributed by atoms with Crippen LogP contribution in [0.3, 0.4) is 0 Å². The molecule has 0 amide bonds. The van der Waals surface area contributed by atoms with Gasteiger partial charge in [-0.2, -0.15) is 0 Å². The first-order chi connectivity index (χ1) is 4.79. The van der Waals surface area contributed by atoms with E-state index in [4.69, 9.17) is 0 Å². The first kappa shape index (κ1) is 7.52. The third-order valence-electron chi connectivity index (χ3n) is 1.57. The van der Waals surface area contributed by atoms with Crippen LogP contribution < -0.4 is 0 Å². The molecule has 0 unspecified atom stereocenters. The summed E-state index contributed by atoms with van der Waals surface area (Å²) >= 11 is 0. The van der Waals surface area contributed by atoms with Crippen LogP contribution in [-0.2, 0) is 0 Å². The molecule has 0 heterocycles. The molecule has 1 heteroatoms. The van der Waals surface area contributed by atoms with Gasteiger partial charge in [0.15, 0.2) is 0 Å². The minimum absolute atomic E-state index is 0.967. The van der Waals surface area contributed by atoms with Crippen molar-refractivity contribution in [3.8, 4) is 0 Å². The van der Waals surface area contributed by atoms with Crippen molar-refractivity contribution in [2.45, 2.75) is 33.1 Å². The molecule has 1 aliphatic rings. The minimum atomic E-state index is 0.967. The summed E-state index contributed by atoms with van der Waals surface area (Å²) in [6.45, 7) is 4.13. The lowest BCUT2D eigenvalue weighted by atomic mass is 10.3. The maximum atomic E-state index is 4.16. The molecular formula is C9H15N. The van der Waals surface area contributed by atoms with Crippen LogP contribution in [-0.4, -0.2) is 6.21 Å². The monoisotopic (exact) mass is 137 g/mol. The zero-order valence-electron chi connectivity index (χ0n) is 6.80. The quantitative estimate of drug-likeness (QED) is 0.530. The van der Waals surface area contributed by atoms with Crippen molar-refractivity contribution in [1.82, 2.24) is 0 Å². The van der Waals surface area contributed by atoms with Crippen molar-refractivity contribution in [3.05, 3.63) is 11.8 Å². The Hall–Kier alpha value is -0.590. The molecule has 0 aromatic rings. The third kappa shape index (κ3) is 3.44. The largest absolute Gasteiger partial charge is 0.269 e. The summed E-state index contributed by atoms with van der Waals surface area (Å²) < 4.78 is 0. The lowest BCUT2D eigenvalue weighted by Gasteiger charge is -1.84. The molecule has 1 nitrogen and oxygen atoms in total. The summed E-state index contributed by atoms with van der Waals surface area (Å²) in [6, 6.07) is 0. The molecule has 1 aliphatic carbocycles. The zero-order valence-corrected chi connectivity index (χ0v) is 6.80. The van der Waals surface area contributed by atoms with Crippen molar-refractivity contribution < 1.29 is 0 Å². The molecule has 0 radical (unpaired) electrons. The number of allylic oxidation sites excluding steroid dienone is 1. The van der Waals surface area contributed by atoms with Crippen molar-refractivity contribution in [2.24, 2.45) is 10.9 Å². The van der Waals surface area contributed by atoms with Crippen LogP contribution in [0, 0.1) is 5.92 Å². The van der Waals surface area contributed by atoms with Crippen LogP contribution in [0.5, 0.6) is 0 Å². The topological polar surface area (TPSA) is 12.4 Å². The molecule has 0 atom stereocenters. The summed E-state index contributed by atoms with van der Waals surface area (Å²) in [5.41, 5.74) is 1.27. The zero-order chi connectivity index (χ0) is 7.40. The van der Waals surface area contributed by atoms with E-state index in [-0.39, 0.29) is 0 Å². The van der Waals surface area contributed by atoms with Crippen molar-refractivity contribution >= 4 is 6.21 Å². The fourth-order valence-corrected chi connectivity index (χ4v) is 0.765. The normalized spacial score (nSPS) is 17.8. The van der Waals surface area contributed by atoms with Crippen molar-refractivity contribution in [3.63, 3.8) is 0 Å². The average molecular weight is 137 g/mol. The van der Waals surface area contributed by atoms with E-state index in [9.17, 15) is 0 Å². The van der Waals surface area contributed by atoms with Gasteiger partial charge >= 0.3 is 0 Å². The van der Waals surface area contributed by atoms with Crippen LogP contribution in [0.15, 0.2) is 16.8 Å². The maximum absolute atomic E-state index is 4.16. The van der Waals surface area contributed by atoms with E-state index in [0.717, 1.165) is 5.92 Å². The van der Waals surface area contributed by atoms with E-state index in [2.05, 4.69) is 18.8 Å². The van der Waals surface area contributed by atoms with E-state index in [1.807, 2.05) is 12.4 Å². The standard InChI is InChI=1S/C9H15N/c1-8(2)7-10-6-5-9-3-4-9/h6-7,9H,3-5H2,1-2H3. The fraction of sp³-hybridized carbons (Fsp3) is 0.667. The third-order valence-corrected chi connectivity index (χ3v) is 1.57. The van der Waals surface area contributed by atoms with Crippen LogP contribution in [0.4, 0.5) is 0 Å². The highest BCUT2D eigenvalue weighted by molar-refractivity contribution is 5.58. The Morgan fingerprint density at radius 2 is 2.20 bits per heavy atom. The van der Waals surface area contributed by atoms with E-state index in [1.165, 1.54) is 24.8 Å². The van der Waals surface area contributed by atoms with Gasteiger partial charge in [0.2, 0.25) is 0 Å². The Kier molecular flexibility index (Phi) is 2.67. The predicted octanol–water partition coefficient (Wildman–Crippen LogP) is 2.78. The number of rotatable bonds is 3. The molecule has 0 saturated heterocycles. The van der Waals surface area contributed by atoms with Crippen LogP contribution >= 0.6 is 0 Å². The second-order valence-electron chi connectivity index (χ2n) is 3.22. The van der Waals surface area contributed by atoms with Gasteiger partial charge in [-0.15, -0.1) is 0 Å². The van der Waals surface area contributed by atoms with Gasteiger partial charge in [-0.25, -0.2) is 0 Å². The van der Waals surface area contributed by atoms with Crippen molar-refractivity contribution in [1.29, 1.82) is 0 Å². The highest BCUT2D eigenvalue weighted by Crippen LogP contribution is 2.31. The Bertz CT molecular complexity index is 148. The average Bonchev–Trinajstić information content (AvgIpc) is 2.62. The van der Waals surface area contributed by atoms with Gasteiger partial charge < -0.3 is 0 Å². The van der Waals surface area contributed by atoms with Gasteiger partial charge in [0, 0.05) is 12.4 Å². The molecular weight excluding hydrogens is 122 g/mol. The summed E-state index contributed by atoms with van der Waals surface area (Å²) in [6.07, 6.45) is 7.97. The molecule has 1 fully saturated rings. The highest BCUT2D eigenvalue weighted by atomic mass is 14.7. The number of hydrogen-bond acceptors (Lipinski definition) is 1. The highest BCUT2D eigenvalue weighted by Gasteiger charge is 2.18. The van der Waals surface area contributed by atoms with Gasteiger partial charge in [0.05, 0.1) is 0 Å². The lowest BCUT2D eigenvalue weighted by molar-refractivity contribution is 0.907. The molecule has 10 heavy (non-hydrogen) atoms. The van der Waals surface area contributed by atoms with Gasteiger partial charge in [0.25, 0.3) is 0 Å². The second kappa shape index (κ2) is 3.55. The van der Waals surface area contributed by atoms with Gasteiger partial charge in [-0.05, 0) is 39.0 Å². The number of hydrogen-bond donors (Lipinski definition) is 0. The van der Waals surface area contributed by atoms with Gasteiger partial charge in [0.1, 0.15) is 0 Å². The Morgan fingerprint density at radius 3 is 2.70 bits per heavy atom. The van der Waals surface area contributed by atoms with Crippen LogP contribution in [0.1, 0.15) is 33.1 Å². The van der Waals surface area contributed by atoms with E-state index >= 15 is 0 Å². The minimum Gasteiger partial charge on any atom is -0.269 e. The molecule has 1 rings (SSSR count). The first-order valence-corrected chi connectivity index (χ1v) is 3.94. The summed E-state index contributed by atoms with van der Waals surface area (Å²) in [4.78, 5) is 4.16. The number of nitrogens with zero attached hydrogens (tertiary/aromatic N) is 1.